The van der Waals surface area contributed by atoms with Gasteiger partial charge in [-0.15, -0.1) is 0 Å². The molecule has 2 aromatic carbocycles. The van der Waals surface area contributed by atoms with E-state index in [0.29, 0.717) is 23.3 Å². The molecule has 5 heteroatoms. The molecule has 2 heterocycles. The molecule has 136 valence electrons. The smallest absolute Gasteiger partial charge is 0.411 e. The number of hydrogen-bond donors (Lipinski definition) is 1. The highest BCUT2D eigenvalue weighted by molar-refractivity contribution is 5.91. The third-order valence-electron chi connectivity index (χ3n) is 5.63. The van der Waals surface area contributed by atoms with Gasteiger partial charge in [-0.25, -0.2) is 9.18 Å². The van der Waals surface area contributed by atoms with Gasteiger partial charge in [-0.05, 0) is 43.7 Å². The van der Waals surface area contributed by atoms with Gasteiger partial charge in [-0.3, -0.25) is 5.32 Å². The van der Waals surface area contributed by atoms with Crippen molar-refractivity contribution in [3.8, 4) is 11.1 Å². The van der Waals surface area contributed by atoms with Gasteiger partial charge in [-0.2, -0.15) is 0 Å². The quantitative estimate of drug-likeness (QED) is 0.871. The van der Waals surface area contributed by atoms with Crippen LogP contribution in [0.3, 0.4) is 0 Å². The second-order valence-corrected chi connectivity index (χ2v) is 7.23. The van der Waals surface area contributed by atoms with E-state index in [0.717, 1.165) is 18.4 Å². The van der Waals surface area contributed by atoms with Crippen LogP contribution in [0.25, 0.3) is 11.1 Å². The number of carbonyl (C=O) groups is 1. The van der Waals surface area contributed by atoms with E-state index in [9.17, 15) is 9.18 Å². The van der Waals surface area contributed by atoms with Crippen LogP contribution in [0.5, 0.6) is 0 Å². The van der Waals surface area contributed by atoms with E-state index in [1.54, 1.807) is 6.07 Å². The van der Waals surface area contributed by atoms with Crippen LogP contribution >= 0.6 is 0 Å². The predicted octanol–water partition coefficient (Wildman–Crippen LogP) is 4.67. The molecule has 0 aromatic heterocycles. The molecule has 4 nitrogen and oxygen atoms in total. The lowest BCUT2D eigenvalue weighted by Crippen LogP contribution is -2.43. The first-order valence-electron chi connectivity index (χ1n) is 9.14. The number of hydrogen-bond acceptors (Lipinski definition) is 3. The zero-order valence-corrected chi connectivity index (χ0v) is 14.8. The molecule has 3 atom stereocenters. The number of anilines is 1. The van der Waals surface area contributed by atoms with Crippen molar-refractivity contribution in [2.45, 2.75) is 43.9 Å². The number of piperidine rings is 1. The number of nitrogens with zero attached hydrogens (tertiary/aromatic N) is 1. The summed E-state index contributed by atoms with van der Waals surface area (Å²) < 4.78 is 19.4. The summed E-state index contributed by atoms with van der Waals surface area (Å²) in [7, 11) is 2.16. The van der Waals surface area contributed by atoms with E-state index in [4.69, 9.17) is 4.74 Å². The Morgan fingerprint density at radius 3 is 2.50 bits per heavy atom. The first-order chi connectivity index (χ1) is 12.6. The van der Waals surface area contributed by atoms with Crippen LogP contribution in [-0.4, -0.2) is 36.2 Å². The maximum Gasteiger partial charge on any atom is 0.411 e. The number of rotatable bonds is 3. The van der Waals surface area contributed by atoms with Crippen molar-refractivity contribution < 1.29 is 13.9 Å². The van der Waals surface area contributed by atoms with Crippen molar-refractivity contribution in [2.24, 2.45) is 0 Å². The van der Waals surface area contributed by atoms with Crippen LogP contribution in [0, 0.1) is 5.82 Å². The molecule has 0 radical (unpaired) electrons. The summed E-state index contributed by atoms with van der Waals surface area (Å²) in [6.07, 6.45) is 3.61. The van der Waals surface area contributed by atoms with Crippen LogP contribution in [0.1, 0.15) is 25.7 Å². The van der Waals surface area contributed by atoms with Gasteiger partial charge < -0.3 is 9.64 Å². The lowest BCUT2D eigenvalue weighted by Gasteiger charge is -2.35. The third-order valence-corrected chi connectivity index (χ3v) is 5.63. The molecule has 2 aliphatic heterocycles. The number of nitrogens with one attached hydrogen (secondary N) is 1. The van der Waals surface area contributed by atoms with Crippen LogP contribution in [-0.2, 0) is 4.74 Å². The molecule has 2 bridgehead atoms. The summed E-state index contributed by atoms with van der Waals surface area (Å²) in [6, 6.07) is 14.8. The largest absolute Gasteiger partial charge is 0.446 e. The molecule has 2 aromatic rings. The Bertz CT molecular complexity index is 782. The fourth-order valence-electron chi connectivity index (χ4n) is 4.23. The van der Waals surface area contributed by atoms with Crippen molar-refractivity contribution >= 4 is 11.8 Å². The lowest BCUT2D eigenvalue weighted by atomic mass is 10.0. The Morgan fingerprint density at radius 2 is 1.81 bits per heavy atom. The molecule has 2 fully saturated rings. The summed E-state index contributed by atoms with van der Waals surface area (Å²) in [4.78, 5) is 14.8. The van der Waals surface area contributed by atoms with Gasteiger partial charge in [0.15, 0.2) is 0 Å². The van der Waals surface area contributed by atoms with Crippen LogP contribution < -0.4 is 5.32 Å². The fraction of sp³-hybridized carbons (Fsp3) is 0.381. The Morgan fingerprint density at radius 1 is 1.12 bits per heavy atom. The minimum atomic E-state index is -0.470. The first kappa shape index (κ1) is 17.0. The fourth-order valence-corrected chi connectivity index (χ4v) is 4.23. The Labute approximate surface area is 153 Å². The van der Waals surface area contributed by atoms with Gasteiger partial charge in [0.1, 0.15) is 11.9 Å². The molecule has 2 saturated heterocycles. The lowest BCUT2D eigenvalue weighted by molar-refractivity contribution is 0.0348. The van der Waals surface area contributed by atoms with Gasteiger partial charge in [0.05, 0.1) is 5.69 Å². The van der Waals surface area contributed by atoms with Crippen LogP contribution in [0.15, 0.2) is 48.5 Å². The predicted molar refractivity (Wildman–Crippen MR) is 99.5 cm³/mol. The average Bonchev–Trinajstić information content (AvgIpc) is 2.85. The minimum Gasteiger partial charge on any atom is -0.446 e. The molecule has 2 aliphatic rings. The van der Waals surface area contributed by atoms with Gasteiger partial charge in [0.2, 0.25) is 0 Å². The Kier molecular flexibility index (Phi) is 4.64. The normalized spacial score (nSPS) is 25.1. The molecule has 0 saturated carbocycles. The number of fused-ring (bicyclic) bond motifs is 2. The van der Waals surface area contributed by atoms with Crippen molar-refractivity contribution in [3.05, 3.63) is 54.3 Å². The summed E-state index contributed by atoms with van der Waals surface area (Å²) >= 11 is 0. The van der Waals surface area contributed by atoms with E-state index in [-0.39, 0.29) is 11.9 Å². The highest BCUT2D eigenvalue weighted by Gasteiger charge is 2.39. The molecular weight excluding hydrogens is 331 g/mol. The maximum absolute atomic E-state index is 13.7. The van der Waals surface area contributed by atoms with E-state index >= 15 is 0 Å². The van der Waals surface area contributed by atoms with E-state index in [1.807, 2.05) is 30.3 Å². The molecule has 26 heavy (non-hydrogen) atoms. The highest BCUT2D eigenvalue weighted by Crippen LogP contribution is 2.36. The number of benzene rings is 2. The van der Waals surface area contributed by atoms with E-state index in [2.05, 4.69) is 17.3 Å². The maximum atomic E-state index is 13.7. The summed E-state index contributed by atoms with van der Waals surface area (Å²) in [5, 5.41) is 2.80. The monoisotopic (exact) mass is 354 g/mol. The van der Waals surface area contributed by atoms with Crippen LogP contribution in [0.2, 0.25) is 0 Å². The highest BCUT2D eigenvalue weighted by atomic mass is 19.1. The Hall–Kier alpha value is -2.40. The third kappa shape index (κ3) is 3.44. The van der Waals surface area contributed by atoms with Crippen molar-refractivity contribution in [1.82, 2.24) is 4.90 Å². The Balaban J connectivity index is 1.47. The topological polar surface area (TPSA) is 41.6 Å². The number of carbonyl (C=O) groups excluding carboxylic acids is 1. The number of amides is 1. The van der Waals surface area contributed by atoms with E-state index < -0.39 is 6.09 Å². The molecule has 1 N–H and O–H groups in total. The second kappa shape index (κ2) is 7.08. The average molecular weight is 354 g/mol. The molecule has 4 rings (SSSR count). The minimum absolute atomic E-state index is 0.0516. The van der Waals surface area contributed by atoms with Crippen molar-refractivity contribution in [2.75, 3.05) is 12.4 Å². The van der Waals surface area contributed by atoms with Crippen LogP contribution in [0.4, 0.5) is 14.9 Å². The van der Waals surface area contributed by atoms with Gasteiger partial charge >= 0.3 is 6.09 Å². The number of halogens is 1. The second-order valence-electron chi connectivity index (χ2n) is 7.23. The molecule has 1 unspecified atom stereocenters. The molecular formula is C21H23FN2O2. The zero-order chi connectivity index (χ0) is 18.1. The van der Waals surface area contributed by atoms with Gasteiger partial charge in [0, 0.05) is 30.5 Å². The van der Waals surface area contributed by atoms with Crippen molar-refractivity contribution in [3.63, 3.8) is 0 Å². The standard InChI is InChI=1S/C21H23FN2O2/c1-24-16-8-9-17(24)13-18(12-16)26-21(25)23-20-10-7-15(22)11-19(20)14-5-3-2-4-6-14/h2-7,10-11,16-18H,8-9,12-13H2,1H3,(H,23,25)/t16-,17+,18?. The SMILES string of the molecule is CN1[C@@H]2CC[C@H]1CC(OC(=O)Nc1ccc(F)cc1-c1ccccc1)C2. The van der Waals surface area contributed by atoms with Gasteiger partial charge in [-0.1, -0.05) is 30.3 Å². The molecule has 1 amide bonds. The first-order valence-corrected chi connectivity index (χ1v) is 9.14. The molecule has 0 aliphatic carbocycles. The van der Waals surface area contributed by atoms with E-state index in [1.165, 1.54) is 25.0 Å². The van der Waals surface area contributed by atoms with Gasteiger partial charge in [0.25, 0.3) is 0 Å². The number of ether oxygens (including phenoxy) is 1. The summed E-state index contributed by atoms with van der Waals surface area (Å²) in [6.45, 7) is 0. The summed E-state index contributed by atoms with van der Waals surface area (Å²) in [5.74, 6) is -0.338. The zero-order valence-electron chi connectivity index (χ0n) is 14.8. The van der Waals surface area contributed by atoms with Crippen molar-refractivity contribution in [1.29, 1.82) is 0 Å². The summed E-state index contributed by atoms with van der Waals surface area (Å²) in [5.41, 5.74) is 2.05. The molecule has 0 spiro atoms.